The normalized spacial score (nSPS) is 22.4. The van der Waals surface area contributed by atoms with E-state index in [-0.39, 0.29) is 11.6 Å². The number of ether oxygens (including phenoxy) is 3. The van der Waals surface area contributed by atoms with Gasteiger partial charge in [0.1, 0.15) is 36.0 Å². The number of carbonyl (C=O) groups excluding carboxylic acids is 1. The molecular weight excluding hydrogens is 571 g/mol. The molecule has 0 radical (unpaired) electrons. The maximum atomic E-state index is 13.8. The molecule has 1 saturated heterocycles. The number of esters is 1. The third-order valence-corrected chi connectivity index (χ3v) is 7.66. The van der Waals surface area contributed by atoms with Crippen LogP contribution in [0.25, 0.3) is 21.6 Å². The summed E-state index contributed by atoms with van der Waals surface area (Å²) < 4.78 is 43.5. The molecule has 0 spiro atoms. The lowest BCUT2D eigenvalue weighted by Crippen LogP contribution is -2.37. The van der Waals surface area contributed by atoms with Crippen LogP contribution in [-0.2, 0) is 23.4 Å². The number of benzene rings is 1. The zero-order valence-corrected chi connectivity index (χ0v) is 24.6. The zero-order valence-electron chi connectivity index (χ0n) is 23.7. The summed E-state index contributed by atoms with van der Waals surface area (Å²) >= 11 is 0. The molecule has 2 aromatic heterocycles. The lowest BCUT2D eigenvalue weighted by Gasteiger charge is -2.25. The molecule has 0 unspecified atom stereocenters. The number of aliphatic hydroxyl groups excluding tert-OH is 1. The molecule has 4 rings (SSSR count). The van der Waals surface area contributed by atoms with Gasteiger partial charge in [-0.25, -0.2) is 14.5 Å². The van der Waals surface area contributed by atoms with Gasteiger partial charge < -0.3 is 23.8 Å². The van der Waals surface area contributed by atoms with Crippen molar-refractivity contribution in [3.63, 3.8) is 0 Å². The lowest BCUT2D eigenvalue weighted by atomic mass is 10.1. The van der Waals surface area contributed by atoms with Crippen molar-refractivity contribution in [1.82, 2.24) is 24.6 Å². The number of aliphatic hydroxyl groups is 1. The van der Waals surface area contributed by atoms with Crippen molar-refractivity contribution >= 4 is 24.9 Å². The van der Waals surface area contributed by atoms with Gasteiger partial charge in [0.2, 0.25) is 5.88 Å². The molecular formula is C25H33N8O8P. The Morgan fingerprint density at radius 2 is 2.02 bits per heavy atom. The highest BCUT2D eigenvalue weighted by atomic mass is 31.2. The molecule has 1 aliphatic heterocycles. The third kappa shape index (κ3) is 7.16. The van der Waals surface area contributed by atoms with Crippen LogP contribution >= 0.6 is 7.75 Å². The Labute approximate surface area is 241 Å². The molecule has 0 saturated carbocycles. The predicted molar refractivity (Wildman–Crippen MR) is 149 cm³/mol. The minimum absolute atomic E-state index is 0.209. The number of aromatic nitrogens is 4. The summed E-state index contributed by atoms with van der Waals surface area (Å²) in [5, 5.41) is 17.4. The Morgan fingerprint density at radius 1 is 1.29 bits per heavy atom. The molecule has 16 nitrogen and oxygen atoms in total. The maximum absolute atomic E-state index is 13.8. The first kappa shape index (κ1) is 31.2. The molecule has 3 heterocycles. The van der Waals surface area contributed by atoms with Crippen LogP contribution in [0.15, 0.2) is 41.8 Å². The summed E-state index contributed by atoms with van der Waals surface area (Å²) in [6.45, 7) is 8.19. The average molecular weight is 605 g/mol. The number of imidazole rings is 1. The van der Waals surface area contributed by atoms with Crippen molar-refractivity contribution in [3.05, 3.63) is 52.9 Å². The van der Waals surface area contributed by atoms with Gasteiger partial charge in [0.25, 0.3) is 0 Å². The van der Waals surface area contributed by atoms with Crippen molar-refractivity contribution in [2.24, 2.45) is 5.11 Å². The van der Waals surface area contributed by atoms with E-state index in [1.54, 1.807) is 51.1 Å². The Balaban J connectivity index is 1.58. The molecule has 2 N–H and O–H groups in total. The number of aryl methyl sites for hydroxylation is 1. The summed E-state index contributed by atoms with van der Waals surface area (Å²) in [6.07, 6.45) is -2.56. The van der Waals surface area contributed by atoms with E-state index >= 15 is 0 Å². The van der Waals surface area contributed by atoms with Crippen molar-refractivity contribution in [2.75, 3.05) is 13.2 Å². The summed E-state index contributed by atoms with van der Waals surface area (Å²) in [6, 6.07) is 6.02. The van der Waals surface area contributed by atoms with E-state index in [0.29, 0.717) is 23.6 Å². The largest absolute Gasteiger partial charge is 0.476 e. The van der Waals surface area contributed by atoms with Crippen LogP contribution in [0.1, 0.15) is 39.7 Å². The minimum atomic E-state index is -4.25. The van der Waals surface area contributed by atoms with Crippen LogP contribution in [-0.4, -0.2) is 74.2 Å². The lowest BCUT2D eigenvalue weighted by molar-refractivity contribution is -0.149. The van der Waals surface area contributed by atoms with E-state index in [2.05, 4.69) is 30.1 Å². The highest BCUT2D eigenvalue weighted by molar-refractivity contribution is 7.52. The fraction of sp³-hybridized carbons (Fsp3) is 0.520. The fourth-order valence-corrected chi connectivity index (χ4v) is 5.71. The van der Waals surface area contributed by atoms with Gasteiger partial charge in [0, 0.05) is 4.91 Å². The standard InChI is InChI=1S/C25H33N8O8P/c1-6-37-23-20-22(28-16(5)29-23)33(13-27-20)24-19(30-32-26)21(34)18(40-24)12-38-42(36,41-17-10-8-7-9-11-17)31-15(4)25(35)39-14(2)3/h7-11,13-15,18-19,21,24,34H,6,12H2,1-5H3,(H,31,36)/t15-,18+,19+,21+,24+,42-/m0/s1. The van der Waals surface area contributed by atoms with Gasteiger partial charge in [0.05, 0.1) is 31.7 Å². The number of rotatable bonds is 13. The summed E-state index contributed by atoms with van der Waals surface area (Å²) in [5.74, 6) is 0.219. The molecule has 3 aromatic rings. The van der Waals surface area contributed by atoms with Crippen molar-refractivity contribution in [1.29, 1.82) is 0 Å². The number of hydrogen-bond acceptors (Lipinski definition) is 12. The number of hydrogen-bond donors (Lipinski definition) is 2. The molecule has 226 valence electrons. The monoisotopic (exact) mass is 604 g/mol. The molecule has 0 bridgehead atoms. The molecule has 0 amide bonds. The van der Waals surface area contributed by atoms with Crippen molar-refractivity contribution in [3.8, 4) is 11.6 Å². The summed E-state index contributed by atoms with van der Waals surface area (Å²) in [7, 11) is -4.25. The van der Waals surface area contributed by atoms with Gasteiger partial charge in [-0.05, 0) is 52.3 Å². The summed E-state index contributed by atoms with van der Waals surface area (Å²) in [4.78, 5) is 28.3. The van der Waals surface area contributed by atoms with Crippen molar-refractivity contribution < 1.29 is 37.7 Å². The number of azide groups is 1. The Kier molecular flexibility index (Phi) is 9.99. The number of fused-ring (bicyclic) bond motifs is 1. The predicted octanol–water partition coefficient (Wildman–Crippen LogP) is 3.60. The Morgan fingerprint density at radius 3 is 2.69 bits per heavy atom. The van der Waals surface area contributed by atoms with Crippen LogP contribution in [0.3, 0.4) is 0 Å². The van der Waals surface area contributed by atoms with E-state index in [1.165, 1.54) is 17.8 Å². The van der Waals surface area contributed by atoms with Crippen LogP contribution in [0.5, 0.6) is 11.6 Å². The second-order valence-corrected chi connectivity index (χ2v) is 11.3. The van der Waals surface area contributed by atoms with Gasteiger partial charge in [-0.3, -0.25) is 13.9 Å². The van der Waals surface area contributed by atoms with Crippen LogP contribution in [0, 0.1) is 6.92 Å². The second kappa shape index (κ2) is 13.5. The summed E-state index contributed by atoms with van der Waals surface area (Å²) in [5.41, 5.74) is 9.91. The maximum Gasteiger partial charge on any atom is 0.459 e. The molecule has 6 atom stereocenters. The number of nitrogens with zero attached hydrogens (tertiary/aromatic N) is 7. The molecule has 0 aliphatic carbocycles. The highest BCUT2D eigenvalue weighted by Crippen LogP contribution is 2.46. The van der Waals surface area contributed by atoms with Crippen LogP contribution in [0.2, 0.25) is 0 Å². The van der Waals surface area contributed by atoms with Crippen LogP contribution in [0.4, 0.5) is 0 Å². The van der Waals surface area contributed by atoms with Gasteiger partial charge in [-0.15, -0.1) is 0 Å². The Bertz CT molecular complexity index is 1480. The fourth-order valence-electron chi connectivity index (χ4n) is 4.21. The molecule has 17 heteroatoms. The highest BCUT2D eigenvalue weighted by Gasteiger charge is 2.46. The molecule has 1 fully saturated rings. The van der Waals surface area contributed by atoms with Gasteiger partial charge >= 0.3 is 13.7 Å². The Hall–Kier alpha value is -3.78. The van der Waals surface area contributed by atoms with Crippen molar-refractivity contribution in [2.45, 2.75) is 71.2 Å². The quantitative estimate of drug-likeness (QED) is 0.0944. The first-order chi connectivity index (χ1) is 20.0. The number of nitrogens with one attached hydrogen (secondary N) is 1. The molecule has 42 heavy (non-hydrogen) atoms. The molecule has 1 aliphatic rings. The molecule has 1 aromatic carbocycles. The minimum Gasteiger partial charge on any atom is -0.476 e. The van der Waals surface area contributed by atoms with Gasteiger partial charge in [-0.1, -0.05) is 23.3 Å². The van der Waals surface area contributed by atoms with E-state index in [0.717, 1.165) is 0 Å². The van der Waals surface area contributed by atoms with Crippen LogP contribution < -0.4 is 14.3 Å². The third-order valence-electron chi connectivity index (χ3n) is 6.01. The first-order valence-electron chi connectivity index (χ1n) is 13.2. The van der Waals surface area contributed by atoms with Gasteiger partial charge in [0.15, 0.2) is 11.2 Å². The smallest absolute Gasteiger partial charge is 0.459 e. The first-order valence-corrected chi connectivity index (χ1v) is 14.8. The van der Waals surface area contributed by atoms with Gasteiger partial charge in [-0.2, -0.15) is 10.1 Å². The SMILES string of the molecule is CCOc1nc(C)nc2c1ncn2[C@@H]1O[C@H](CO[P@@](=O)(N[C@@H](C)C(=O)OC(C)C)Oc2ccccc2)[C@@H](O)[C@H]1N=[N+]=[N-]. The number of carbonyl (C=O) groups is 1. The average Bonchev–Trinajstić information content (AvgIpc) is 3.48. The van der Waals surface area contributed by atoms with E-state index in [9.17, 15) is 20.0 Å². The second-order valence-electron chi connectivity index (χ2n) is 9.62. The topological polar surface area (TPSA) is 205 Å². The van der Waals surface area contributed by atoms with E-state index in [1.807, 2.05) is 6.92 Å². The van der Waals surface area contributed by atoms with E-state index < -0.39 is 56.9 Å². The van der Waals surface area contributed by atoms with E-state index in [4.69, 9.17) is 23.3 Å². The zero-order chi connectivity index (χ0) is 30.4. The number of para-hydroxylation sites is 1.